The summed E-state index contributed by atoms with van der Waals surface area (Å²) in [6, 6.07) is 1.94. The third-order valence-electron chi connectivity index (χ3n) is 2.07. The fraction of sp³-hybridized carbons (Fsp3) is 0.455. The van der Waals surface area contributed by atoms with Crippen LogP contribution in [-0.4, -0.2) is 22.3 Å². The van der Waals surface area contributed by atoms with Gasteiger partial charge in [0.2, 0.25) is 0 Å². The smallest absolute Gasteiger partial charge is 0.190 e. The largest absolute Gasteiger partial charge is 0.366 e. The van der Waals surface area contributed by atoms with Crippen molar-refractivity contribution in [2.24, 2.45) is 0 Å². The van der Waals surface area contributed by atoms with E-state index in [4.69, 9.17) is 18.0 Å². The molecule has 5 heteroatoms. The Morgan fingerprint density at radius 2 is 2.38 bits per heavy atom. The topological polar surface area (TPSA) is 37.8 Å². The molecule has 1 rings (SSSR count). The van der Waals surface area contributed by atoms with Gasteiger partial charge in [0.15, 0.2) is 5.16 Å². The number of hydrogen-bond donors (Lipinski definition) is 1. The summed E-state index contributed by atoms with van der Waals surface area (Å²) >= 11 is 7.35. The third kappa shape index (κ3) is 3.92. The molecule has 0 amide bonds. The molecule has 1 aromatic heterocycles. The van der Waals surface area contributed by atoms with Gasteiger partial charge in [-0.15, -0.1) is 12.3 Å². The predicted molar refractivity (Wildman–Crippen MR) is 70.0 cm³/mol. The summed E-state index contributed by atoms with van der Waals surface area (Å²) in [5.41, 5.74) is 0. The molecule has 0 aliphatic carbocycles. The van der Waals surface area contributed by atoms with Crippen molar-refractivity contribution >= 4 is 29.2 Å². The molecule has 0 radical (unpaired) electrons. The molecule has 0 aromatic carbocycles. The normalized spacial score (nSPS) is 11.9. The van der Waals surface area contributed by atoms with E-state index in [0.29, 0.717) is 16.7 Å². The summed E-state index contributed by atoms with van der Waals surface area (Å²) in [6.45, 7) is 2.08. The second-order valence-corrected chi connectivity index (χ2v) is 4.38. The van der Waals surface area contributed by atoms with E-state index in [9.17, 15) is 0 Å². The highest BCUT2D eigenvalue weighted by molar-refractivity contribution is 7.98. The van der Waals surface area contributed by atoms with Gasteiger partial charge in [-0.05, 0) is 12.7 Å². The number of thioether (sulfide) groups is 1. The van der Waals surface area contributed by atoms with E-state index in [1.807, 2.05) is 6.26 Å². The molecule has 0 aliphatic heterocycles. The van der Waals surface area contributed by atoms with Gasteiger partial charge in [0.05, 0.1) is 0 Å². The van der Waals surface area contributed by atoms with Crippen molar-refractivity contribution in [2.75, 3.05) is 11.6 Å². The van der Waals surface area contributed by atoms with Crippen LogP contribution in [0.2, 0.25) is 5.15 Å². The summed E-state index contributed by atoms with van der Waals surface area (Å²) in [6.07, 6.45) is 8.82. The molecule has 86 valence electrons. The third-order valence-corrected chi connectivity index (χ3v) is 2.81. The minimum atomic E-state index is 0.227. The van der Waals surface area contributed by atoms with Crippen LogP contribution in [0.15, 0.2) is 11.2 Å². The van der Waals surface area contributed by atoms with Crippen LogP contribution in [0.25, 0.3) is 0 Å². The zero-order chi connectivity index (χ0) is 12.0. The fourth-order valence-electron chi connectivity index (χ4n) is 1.21. The molecule has 1 atom stereocenters. The van der Waals surface area contributed by atoms with Gasteiger partial charge in [0.25, 0.3) is 0 Å². The van der Waals surface area contributed by atoms with Gasteiger partial charge in [0.1, 0.15) is 11.0 Å². The number of hydrogen-bond acceptors (Lipinski definition) is 4. The SMILES string of the molecule is C#CCC(CC)Nc1cc(Cl)nc(SC)n1. The number of aromatic nitrogens is 2. The summed E-state index contributed by atoms with van der Waals surface area (Å²) < 4.78 is 0. The van der Waals surface area contributed by atoms with Crippen molar-refractivity contribution in [3.8, 4) is 12.3 Å². The number of terminal acetylenes is 1. The van der Waals surface area contributed by atoms with E-state index in [1.165, 1.54) is 11.8 Å². The van der Waals surface area contributed by atoms with Gasteiger partial charge in [-0.3, -0.25) is 0 Å². The van der Waals surface area contributed by atoms with Crippen molar-refractivity contribution in [1.29, 1.82) is 0 Å². The molecule has 3 nitrogen and oxygen atoms in total. The molecule has 1 aromatic rings. The van der Waals surface area contributed by atoms with Crippen LogP contribution in [0.4, 0.5) is 5.82 Å². The summed E-state index contributed by atoms with van der Waals surface area (Å²) in [4.78, 5) is 8.38. The minimum absolute atomic E-state index is 0.227. The molecule has 16 heavy (non-hydrogen) atoms. The Morgan fingerprint density at radius 1 is 1.62 bits per heavy atom. The number of rotatable bonds is 5. The average molecular weight is 256 g/mol. The number of nitrogens with zero attached hydrogens (tertiary/aromatic N) is 2. The number of nitrogens with one attached hydrogen (secondary N) is 1. The molecule has 0 fully saturated rings. The van der Waals surface area contributed by atoms with E-state index in [-0.39, 0.29) is 6.04 Å². The highest BCUT2D eigenvalue weighted by Crippen LogP contribution is 2.18. The lowest BCUT2D eigenvalue weighted by Crippen LogP contribution is -2.18. The lowest BCUT2D eigenvalue weighted by Gasteiger charge is -2.15. The summed E-state index contributed by atoms with van der Waals surface area (Å²) in [5.74, 6) is 3.37. The van der Waals surface area contributed by atoms with Crippen LogP contribution in [0.3, 0.4) is 0 Å². The Morgan fingerprint density at radius 3 is 2.94 bits per heavy atom. The first-order valence-corrected chi connectivity index (χ1v) is 6.58. The van der Waals surface area contributed by atoms with Crippen molar-refractivity contribution in [1.82, 2.24) is 9.97 Å². The van der Waals surface area contributed by atoms with Gasteiger partial charge in [-0.25, -0.2) is 9.97 Å². The number of anilines is 1. The van der Waals surface area contributed by atoms with Crippen LogP contribution in [0, 0.1) is 12.3 Å². The van der Waals surface area contributed by atoms with Crippen LogP contribution in [0.1, 0.15) is 19.8 Å². The first-order chi connectivity index (χ1) is 7.69. The second kappa shape index (κ2) is 6.62. The zero-order valence-corrected chi connectivity index (χ0v) is 10.9. The quantitative estimate of drug-likeness (QED) is 0.380. The Balaban J connectivity index is 2.79. The van der Waals surface area contributed by atoms with Crippen LogP contribution < -0.4 is 5.32 Å². The van der Waals surface area contributed by atoms with E-state index in [0.717, 1.165) is 12.2 Å². The molecule has 1 N–H and O–H groups in total. The van der Waals surface area contributed by atoms with Gasteiger partial charge >= 0.3 is 0 Å². The zero-order valence-electron chi connectivity index (χ0n) is 9.33. The van der Waals surface area contributed by atoms with Gasteiger partial charge < -0.3 is 5.32 Å². The Kier molecular flexibility index (Phi) is 5.44. The van der Waals surface area contributed by atoms with E-state index >= 15 is 0 Å². The summed E-state index contributed by atoms with van der Waals surface area (Å²) in [5, 5.41) is 4.35. The maximum atomic E-state index is 5.89. The number of halogens is 1. The Hall–Kier alpha value is -0.920. The molecule has 0 aliphatic rings. The van der Waals surface area contributed by atoms with Crippen molar-refractivity contribution in [3.63, 3.8) is 0 Å². The Labute approximate surface area is 105 Å². The van der Waals surface area contributed by atoms with Crippen LogP contribution in [-0.2, 0) is 0 Å². The van der Waals surface area contributed by atoms with Crippen molar-refractivity contribution in [2.45, 2.75) is 31.0 Å². The lowest BCUT2D eigenvalue weighted by atomic mass is 10.1. The molecule has 0 saturated carbocycles. The van der Waals surface area contributed by atoms with Crippen molar-refractivity contribution < 1.29 is 0 Å². The first kappa shape index (κ1) is 13.1. The minimum Gasteiger partial charge on any atom is -0.366 e. The van der Waals surface area contributed by atoms with E-state index in [2.05, 4.69) is 28.1 Å². The first-order valence-electron chi connectivity index (χ1n) is 4.98. The van der Waals surface area contributed by atoms with Crippen LogP contribution >= 0.6 is 23.4 Å². The second-order valence-electron chi connectivity index (χ2n) is 3.22. The highest BCUT2D eigenvalue weighted by atomic mass is 35.5. The molecule has 1 unspecified atom stereocenters. The maximum absolute atomic E-state index is 5.89. The molecule has 1 heterocycles. The maximum Gasteiger partial charge on any atom is 0.190 e. The molecular weight excluding hydrogens is 242 g/mol. The Bertz CT molecular complexity index is 389. The van der Waals surface area contributed by atoms with Gasteiger partial charge in [-0.1, -0.05) is 30.3 Å². The van der Waals surface area contributed by atoms with Gasteiger partial charge in [-0.2, -0.15) is 0 Å². The van der Waals surface area contributed by atoms with E-state index in [1.54, 1.807) is 6.07 Å². The standard InChI is InChI=1S/C11H14ClN3S/c1-4-6-8(5-2)13-10-7-9(12)14-11(15-10)16-3/h1,7-8H,5-6H2,2-3H3,(H,13,14,15). The fourth-order valence-corrected chi connectivity index (χ4v) is 1.82. The molecule has 0 saturated heterocycles. The van der Waals surface area contributed by atoms with E-state index < -0.39 is 0 Å². The predicted octanol–water partition coefficient (Wildman–Crippen LogP) is 3.07. The average Bonchev–Trinajstić information content (AvgIpc) is 2.27. The van der Waals surface area contributed by atoms with Crippen molar-refractivity contribution in [3.05, 3.63) is 11.2 Å². The summed E-state index contributed by atoms with van der Waals surface area (Å²) in [7, 11) is 0. The van der Waals surface area contributed by atoms with Gasteiger partial charge in [0, 0.05) is 18.5 Å². The highest BCUT2D eigenvalue weighted by Gasteiger charge is 2.07. The monoisotopic (exact) mass is 255 g/mol. The molecule has 0 spiro atoms. The molecular formula is C11H14ClN3S. The molecule has 0 bridgehead atoms. The van der Waals surface area contributed by atoms with Crippen LogP contribution in [0.5, 0.6) is 0 Å². The lowest BCUT2D eigenvalue weighted by molar-refractivity contribution is 0.708.